The first-order chi connectivity index (χ1) is 8.74. The van der Waals surface area contributed by atoms with Crippen LogP contribution < -0.4 is 0 Å². The number of aryl methyl sites for hydroxylation is 1. The molecule has 1 aliphatic rings. The molecule has 4 heteroatoms. The highest BCUT2D eigenvalue weighted by Gasteiger charge is 2.13. The molecule has 3 rings (SSSR count). The summed E-state index contributed by atoms with van der Waals surface area (Å²) >= 11 is 0. The Hall–Kier alpha value is -1.42. The van der Waals surface area contributed by atoms with Gasteiger partial charge in [-0.15, -0.1) is 0 Å². The van der Waals surface area contributed by atoms with Gasteiger partial charge in [0.15, 0.2) is 0 Å². The predicted molar refractivity (Wildman–Crippen MR) is 70.1 cm³/mol. The van der Waals surface area contributed by atoms with E-state index < -0.39 is 0 Å². The van der Waals surface area contributed by atoms with E-state index >= 15 is 0 Å². The van der Waals surface area contributed by atoms with E-state index in [2.05, 4.69) is 10.00 Å². The summed E-state index contributed by atoms with van der Waals surface area (Å²) in [6, 6.07) is 4.91. The summed E-state index contributed by atoms with van der Waals surface area (Å²) in [4.78, 5) is 2.46. The molecule has 0 atom stereocenters. The lowest BCUT2D eigenvalue weighted by Crippen LogP contribution is -2.24. The quantitative estimate of drug-likeness (QED) is 0.831. The second-order valence-corrected chi connectivity index (χ2v) is 5.02. The van der Waals surface area contributed by atoms with E-state index in [1.165, 1.54) is 32.0 Å². The molecule has 1 fully saturated rings. The van der Waals surface area contributed by atoms with Gasteiger partial charge in [-0.25, -0.2) is 4.39 Å². The maximum absolute atomic E-state index is 13.2. The second kappa shape index (κ2) is 4.69. The van der Waals surface area contributed by atoms with E-state index in [4.69, 9.17) is 0 Å². The average molecular weight is 247 g/mol. The van der Waals surface area contributed by atoms with Gasteiger partial charge < -0.3 is 4.90 Å². The summed E-state index contributed by atoms with van der Waals surface area (Å²) in [5.41, 5.74) is 1.94. The van der Waals surface area contributed by atoms with Gasteiger partial charge in [-0.05, 0) is 51.1 Å². The van der Waals surface area contributed by atoms with E-state index in [1.54, 1.807) is 6.07 Å². The van der Waals surface area contributed by atoms with Crippen molar-refractivity contribution in [2.45, 2.75) is 26.3 Å². The molecule has 0 unspecified atom stereocenters. The van der Waals surface area contributed by atoms with Crippen LogP contribution in [0.25, 0.3) is 10.9 Å². The maximum atomic E-state index is 13.2. The van der Waals surface area contributed by atoms with Crippen LogP contribution in [0.1, 0.15) is 18.5 Å². The van der Waals surface area contributed by atoms with Crippen LogP contribution in [0, 0.1) is 12.7 Å². The third kappa shape index (κ3) is 2.12. The van der Waals surface area contributed by atoms with Gasteiger partial charge in [0.05, 0.1) is 17.8 Å². The zero-order chi connectivity index (χ0) is 12.5. The van der Waals surface area contributed by atoms with Crippen molar-refractivity contribution in [1.82, 2.24) is 14.7 Å². The maximum Gasteiger partial charge on any atom is 0.124 e. The molecule has 2 aromatic rings. The fourth-order valence-corrected chi connectivity index (χ4v) is 2.72. The van der Waals surface area contributed by atoms with Gasteiger partial charge >= 0.3 is 0 Å². The van der Waals surface area contributed by atoms with Crippen LogP contribution in [-0.2, 0) is 6.54 Å². The van der Waals surface area contributed by atoms with Crippen LogP contribution in [0.3, 0.4) is 0 Å². The fourth-order valence-electron chi connectivity index (χ4n) is 2.72. The van der Waals surface area contributed by atoms with Crippen molar-refractivity contribution in [3.8, 4) is 0 Å². The molecule has 0 spiro atoms. The van der Waals surface area contributed by atoms with Crippen molar-refractivity contribution < 1.29 is 4.39 Å². The average Bonchev–Trinajstić information content (AvgIpc) is 2.96. The first-order valence-corrected chi connectivity index (χ1v) is 6.59. The topological polar surface area (TPSA) is 21.1 Å². The first kappa shape index (κ1) is 11.7. The third-order valence-corrected chi connectivity index (χ3v) is 3.72. The van der Waals surface area contributed by atoms with Crippen LogP contribution >= 0.6 is 0 Å². The molecule has 0 amide bonds. The summed E-state index contributed by atoms with van der Waals surface area (Å²) in [5.74, 6) is -0.190. The molecule has 0 saturated carbocycles. The van der Waals surface area contributed by atoms with Crippen molar-refractivity contribution in [3.05, 3.63) is 29.7 Å². The van der Waals surface area contributed by atoms with Crippen LogP contribution in [-0.4, -0.2) is 34.3 Å². The van der Waals surface area contributed by atoms with Gasteiger partial charge in [0.1, 0.15) is 5.82 Å². The SMILES string of the molecule is Cc1nn(CCN2CCCC2)c2ccc(F)cc12. The van der Waals surface area contributed by atoms with Crippen LogP contribution in [0.15, 0.2) is 18.2 Å². The number of hydrogen-bond acceptors (Lipinski definition) is 2. The second-order valence-electron chi connectivity index (χ2n) is 5.02. The largest absolute Gasteiger partial charge is 0.301 e. The van der Waals surface area contributed by atoms with Gasteiger partial charge in [0.25, 0.3) is 0 Å². The molecule has 1 saturated heterocycles. The van der Waals surface area contributed by atoms with Gasteiger partial charge in [0.2, 0.25) is 0 Å². The molecule has 0 aliphatic carbocycles. The molecule has 96 valence electrons. The van der Waals surface area contributed by atoms with E-state index in [9.17, 15) is 4.39 Å². The lowest BCUT2D eigenvalue weighted by molar-refractivity contribution is 0.318. The Morgan fingerprint density at radius 1 is 1.22 bits per heavy atom. The number of hydrogen-bond donors (Lipinski definition) is 0. The van der Waals surface area contributed by atoms with Crippen LogP contribution in [0.4, 0.5) is 4.39 Å². The minimum Gasteiger partial charge on any atom is -0.301 e. The number of fused-ring (bicyclic) bond motifs is 1. The number of halogens is 1. The predicted octanol–water partition coefficient (Wildman–Crippen LogP) is 2.58. The molecule has 0 bridgehead atoms. The van der Waals surface area contributed by atoms with E-state index in [-0.39, 0.29) is 5.82 Å². The highest BCUT2D eigenvalue weighted by atomic mass is 19.1. The normalized spacial score (nSPS) is 16.8. The molecule has 1 aromatic heterocycles. The van der Waals surface area contributed by atoms with Crippen LogP contribution in [0.5, 0.6) is 0 Å². The number of benzene rings is 1. The van der Waals surface area contributed by atoms with Crippen molar-refractivity contribution in [1.29, 1.82) is 0 Å². The summed E-state index contributed by atoms with van der Waals surface area (Å²) in [5, 5.41) is 5.44. The molecular formula is C14H18FN3. The summed E-state index contributed by atoms with van der Waals surface area (Å²) < 4.78 is 15.2. The number of rotatable bonds is 3. The van der Waals surface area contributed by atoms with Crippen LogP contribution in [0.2, 0.25) is 0 Å². The van der Waals surface area contributed by atoms with Gasteiger partial charge in [-0.2, -0.15) is 5.10 Å². The summed E-state index contributed by atoms with van der Waals surface area (Å²) in [6.45, 7) is 6.26. The van der Waals surface area contributed by atoms with E-state index in [1.807, 2.05) is 17.7 Å². The number of nitrogens with zero attached hydrogens (tertiary/aromatic N) is 3. The molecule has 1 aliphatic heterocycles. The summed E-state index contributed by atoms with van der Waals surface area (Å²) in [7, 11) is 0. The Morgan fingerprint density at radius 3 is 2.78 bits per heavy atom. The number of likely N-dealkylation sites (tertiary alicyclic amines) is 1. The van der Waals surface area contributed by atoms with Gasteiger partial charge in [-0.1, -0.05) is 0 Å². The van der Waals surface area contributed by atoms with E-state index in [0.717, 1.165) is 29.7 Å². The van der Waals surface area contributed by atoms with Crippen molar-refractivity contribution in [2.24, 2.45) is 0 Å². The Labute approximate surface area is 106 Å². The van der Waals surface area contributed by atoms with Crippen molar-refractivity contribution in [2.75, 3.05) is 19.6 Å². The van der Waals surface area contributed by atoms with Gasteiger partial charge in [-0.3, -0.25) is 4.68 Å². The third-order valence-electron chi connectivity index (χ3n) is 3.72. The zero-order valence-electron chi connectivity index (χ0n) is 10.7. The molecule has 0 N–H and O–H groups in total. The molecule has 3 nitrogen and oxygen atoms in total. The number of aromatic nitrogens is 2. The fraction of sp³-hybridized carbons (Fsp3) is 0.500. The highest BCUT2D eigenvalue weighted by Crippen LogP contribution is 2.19. The molecule has 1 aromatic carbocycles. The standard InChI is InChI=1S/C14H18FN3/c1-11-13-10-12(15)4-5-14(13)18(16-11)9-8-17-6-2-3-7-17/h4-5,10H,2-3,6-9H2,1H3. The molecule has 0 radical (unpaired) electrons. The van der Waals surface area contributed by atoms with Gasteiger partial charge in [0, 0.05) is 11.9 Å². The Balaban J connectivity index is 1.83. The smallest absolute Gasteiger partial charge is 0.124 e. The van der Waals surface area contributed by atoms with E-state index in [0.29, 0.717) is 0 Å². The van der Waals surface area contributed by atoms with Crippen molar-refractivity contribution >= 4 is 10.9 Å². The Bertz CT molecular complexity index is 555. The lowest BCUT2D eigenvalue weighted by Gasteiger charge is -2.14. The minimum atomic E-state index is -0.190. The zero-order valence-corrected chi connectivity index (χ0v) is 10.7. The monoisotopic (exact) mass is 247 g/mol. The minimum absolute atomic E-state index is 0.190. The highest BCUT2D eigenvalue weighted by molar-refractivity contribution is 5.81. The lowest BCUT2D eigenvalue weighted by atomic mass is 10.2. The molecule has 2 heterocycles. The molecular weight excluding hydrogens is 229 g/mol. The Kier molecular flexibility index (Phi) is 3.04. The first-order valence-electron chi connectivity index (χ1n) is 6.59. The summed E-state index contributed by atoms with van der Waals surface area (Å²) in [6.07, 6.45) is 2.62. The van der Waals surface area contributed by atoms with Crippen molar-refractivity contribution in [3.63, 3.8) is 0 Å². The molecule has 18 heavy (non-hydrogen) atoms. The Morgan fingerprint density at radius 2 is 2.00 bits per heavy atom.